The molecule has 3 nitrogen and oxygen atoms in total. The van der Waals surface area contributed by atoms with Crippen LogP contribution >= 0.6 is 47.8 Å². The van der Waals surface area contributed by atoms with Gasteiger partial charge in [-0.05, 0) is 81.1 Å². The van der Waals surface area contributed by atoms with E-state index in [1.165, 1.54) is 5.56 Å². The quantitative estimate of drug-likeness (QED) is 0.541. The van der Waals surface area contributed by atoms with E-state index in [2.05, 4.69) is 59.9 Å². The molecule has 0 aliphatic carbocycles. The summed E-state index contributed by atoms with van der Waals surface area (Å²) < 4.78 is 14.2. The highest BCUT2D eigenvalue weighted by Gasteiger charge is 2.11. The van der Waals surface area contributed by atoms with E-state index in [1.807, 2.05) is 18.2 Å². The summed E-state index contributed by atoms with van der Waals surface area (Å²) in [5.74, 6) is 1.59. The molecule has 0 spiro atoms. The Morgan fingerprint density at radius 3 is 2.35 bits per heavy atom. The molecule has 0 radical (unpaired) electrons. The van der Waals surface area contributed by atoms with E-state index in [-0.39, 0.29) is 0 Å². The fraction of sp³-hybridized carbons (Fsp3) is 0.294. The molecule has 2 aromatic rings. The van der Waals surface area contributed by atoms with Crippen molar-refractivity contribution >= 4 is 47.8 Å². The van der Waals surface area contributed by atoms with E-state index in [9.17, 15) is 0 Å². The Bertz CT molecular complexity index is 654. The van der Waals surface area contributed by atoms with Gasteiger partial charge < -0.3 is 15.2 Å². The normalized spacial score (nSPS) is 10.7. The Kier molecular flexibility index (Phi) is 7.40. The Labute approximate surface area is 161 Å². The number of ether oxygens (including phenoxy) is 2. The summed E-state index contributed by atoms with van der Waals surface area (Å²) >= 11 is 10.5. The van der Waals surface area contributed by atoms with Crippen LogP contribution in [-0.2, 0) is 13.0 Å². The highest BCUT2D eigenvalue weighted by Crippen LogP contribution is 2.37. The lowest BCUT2D eigenvalue weighted by atomic mass is 10.1. The molecule has 0 aliphatic heterocycles. The molecule has 0 bridgehead atoms. The van der Waals surface area contributed by atoms with Crippen LogP contribution in [0.15, 0.2) is 43.7 Å². The van der Waals surface area contributed by atoms with Crippen LogP contribution in [0.5, 0.6) is 11.5 Å². The first-order chi connectivity index (χ1) is 11.0. The lowest BCUT2D eigenvalue weighted by molar-refractivity contribution is 0.293. The minimum Gasteiger partial charge on any atom is -0.496 e. The van der Waals surface area contributed by atoms with Crippen molar-refractivity contribution in [3.63, 3.8) is 0 Å². The molecule has 2 N–H and O–H groups in total. The van der Waals surface area contributed by atoms with E-state index in [4.69, 9.17) is 15.2 Å². The number of rotatable bonds is 7. The minimum atomic E-state index is 0.429. The Hall–Kier alpha value is -0.560. The number of benzene rings is 2. The number of methoxy groups -OCH3 is 1. The zero-order chi connectivity index (χ0) is 16.8. The second-order valence-corrected chi connectivity index (χ2v) is 7.65. The van der Waals surface area contributed by atoms with E-state index in [0.717, 1.165) is 43.3 Å². The molecule has 0 fully saturated rings. The molecule has 2 aromatic carbocycles. The van der Waals surface area contributed by atoms with Gasteiger partial charge in [0.25, 0.3) is 0 Å². The number of hydrogen-bond acceptors (Lipinski definition) is 3. The lowest BCUT2D eigenvalue weighted by Gasteiger charge is -2.14. The van der Waals surface area contributed by atoms with Gasteiger partial charge in [-0.3, -0.25) is 0 Å². The van der Waals surface area contributed by atoms with Gasteiger partial charge in [0.2, 0.25) is 0 Å². The summed E-state index contributed by atoms with van der Waals surface area (Å²) in [7, 11) is 1.67. The van der Waals surface area contributed by atoms with Crippen LogP contribution in [0, 0.1) is 0 Å². The van der Waals surface area contributed by atoms with Crippen molar-refractivity contribution in [2.75, 3.05) is 13.7 Å². The zero-order valence-corrected chi connectivity index (χ0v) is 17.5. The zero-order valence-electron chi connectivity index (χ0n) is 12.7. The van der Waals surface area contributed by atoms with Crippen LogP contribution in [0.3, 0.4) is 0 Å². The number of halogens is 3. The van der Waals surface area contributed by atoms with Crippen LogP contribution in [0.4, 0.5) is 0 Å². The minimum absolute atomic E-state index is 0.429. The highest BCUT2D eigenvalue weighted by atomic mass is 79.9. The average molecular weight is 508 g/mol. The maximum Gasteiger partial charge on any atom is 0.148 e. The van der Waals surface area contributed by atoms with Crippen LogP contribution in [-0.4, -0.2) is 13.7 Å². The monoisotopic (exact) mass is 505 g/mol. The molecule has 0 unspecified atom stereocenters. The van der Waals surface area contributed by atoms with Gasteiger partial charge in [0, 0.05) is 10.0 Å². The lowest BCUT2D eigenvalue weighted by Crippen LogP contribution is -2.03. The fourth-order valence-corrected chi connectivity index (χ4v) is 4.71. The summed E-state index contributed by atoms with van der Waals surface area (Å²) in [5, 5.41) is 0. The van der Waals surface area contributed by atoms with Crippen LogP contribution in [0.1, 0.15) is 17.5 Å². The summed E-state index contributed by atoms with van der Waals surface area (Å²) in [6.45, 7) is 1.12. The van der Waals surface area contributed by atoms with Gasteiger partial charge >= 0.3 is 0 Å². The first-order valence-corrected chi connectivity index (χ1v) is 9.56. The van der Waals surface area contributed by atoms with E-state index in [0.29, 0.717) is 13.2 Å². The first-order valence-electron chi connectivity index (χ1n) is 7.18. The van der Waals surface area contributed by atoms with Gasteiger partial charge in [0.15, 0.2) is 0 Å². The molecule has 0 amide bonds. The van der Waals surface area contributed by atoms with Gasteiger partial charge in [-0.1, -0.05) is 22.0 Å². The molecule has 124 valence electrons. The summed E-state index contributed by atoms with van der Waals surface area (Å²) in [4.78, 5) is 0. The first kappa shape index (κ1) is 18.8. The third-order valence-corrected chi connectivity index (χ3v) is 4.99. The van der Waals surface area contributed by atoms with Gasteiger partial charge in [0.05, 0.1) is 16.1 Å². The van der Waals surface area contributed by atoms with E-state index < -0.39 is 0 Å². The number of aryl methyl sites for hydroxylation is 1. The molecule has 0 aromatic heterocycles. The molecule has 2 rings (SSSR count). The molecule has 0 saturated carbocycles. The molecular formula is C17H18Br3NO2. The van der Waals surface area contributed by atoms with Crippen molar-refractivity contribution in [1.82, 2.24) is 0 Å². The van der Waals surface area contributed by atoms with E-state index in [1.54, 1.807) is 7.11 Å². The molecule has 0 saturated heterocycles. The predicted molar refractivity (Wildman–Crippen MR) is 104 cm³/mol. The Balaban J connectivity index is 2.19. The summed E-state index contributed by atoms with van der Waals surface area (Å²) in [6.07, 6.45) is 1.93. The molecule has 6 heteroatoms. The van der Waals surface area contributed by atoms with Crippen molar-refractivity contribution in [1.29, 1.82) is 0 Å². The SMILES string of the molecule is COc1ccc(CCCN)cc1COc1c(Br)cc(Br)cc1Br. The highest BCUT2D eigenvalue weighted by molar-refractivity contribution is 9.11. The van der Waals surface area contributed by atoms with Gasteiger partial charge in [-0.25, -0.2) is 0 Å². The second kappa shape index (κ2) is 9.06. The van der Waals surface area contributed by atoms with Crippen LogP contribution in [0.25, 0.3) is 0 Å². The third kappa shape index (κ3) is 5.21. The Morgan fingerprint density at radius 2 is 1.74 bits per heavy atom. The summed E-state index contributed by atoms with van der Waals surface area (Å²) in [5.41, 5.74) is 7.84. The summed E-state index contributed by atoms with van der Waals surface area (Å²) in [6, 6.07) is 10.1. The van der Waals surface area contributed by atoms with E-state index >= 15 is 0 Å². The Morgan fingerprint density at radius 1 is 1.04 bits per heavy atom. The van der Waals surface area contributed by atoms with Crippen molar-refractivity contribution in [2.45, 2.75) is 19.4 Å². The predicted octanol–water partition coefficient (Wildman–Crippen LogP) is 5.45. The van der Waals surface area contributed by atoms with Crippen LogP contribution in [0.2, 0.25) is 0 Å². The molecule has 0 aliphatic rings. The van der Waals surface area contributed by atoms with Crippen molar-refractivity contribution < 1.29 is 9.47 Å². The standard InChI is InChI=1S/C17H18Br3NO2/c1-22-16-5-4-11(3-2-6-21)7-12(16)10-23-17-14(19)8-13(18)9-15(17)20/h4-5,7-9H,2-3,6,10,21H2,1H3. The third-order valence-electron chi connectivity index (χ3n) is 3.35. The number of hydrogen-bond donors (Lipinski definition) is 1. The van der Waals surface area contributed by atoms with Gasteiger partial charge in [-0.15, -0.1) is 0 Å². The topological polar surface area (TPSA) is 44.5 Å². The maximum absolute atomic E-state index is 5.99. The maximum atomic E-state index is 5.99. The fourth-order valence-electron chi connectivity index (χ4n) is 2.22. The largest absolute Gasteiger partial charge is 0.496 e. The van der Waals surface area contributed by atoms with Gasteiger partial charge in [-0.2, -0.15) is 0 Å². The van der Waals surface area contributed by atoms with Crippen molar-refractivity contribution in [2.24, 2.45) is 5.73 Å². The van der Waals surface area contributed by atoms with Crippen molar-refractivity contribution in [3.05, 3.63) is 54.9 Å². The smallest absolute Gasteiger partial charge is 0.148 e. The average Bonchev–Trinajstić information content (AvgIpc) is 2.52. The molecule has 23 heavy (non-hydrogen) atoms. The molecule has 0 heterocycles. The number of nitrogens with two attached hydrogens (primary N) is 1. The van der Waals surface area contributed by atoms with Crippen LogP contribution < -0.4 is 15.2 Å². The second-order valence-electron chi connectivity index (χ2n) is 5.03. The molecular weight excluding hydrogens is 490 g/mol. The van der Waals surface area contributed by atoms with Gasteiger partial charge in [0.1, 0.15) is 18.1 Å². The molecule has 0 atom stereocenters. The van der Waals surface area contributed by atoms with Crippen molar-refractivity contribution in [3.8, 4) is 11.5 Å².